The van der Waals surface area contributed by atoms with Crippen molar-refractivity contribution in [3.63, 3.8) is 0 Å². The van der Waals surface area contributed by atoms with Crippen LogP contribution in [0.3, 0.4) is 0 Å². The molecule has 0 radical (unpaired) electrons. The lowest BCUT2D eigenvalue weighted by atomic mass is 9.92. The van der Waals surface area contributed by atoms with E-state index in [1.54, 1.807) is 11.8 Å². The van der Waals surface area contributed by atoms with Crippen LogP contribution in [-0.4, -0.2) is 47.6 Å². The second-order valence-electron chi connectivity index (χ2n) is 5.16. The third-order valence-corrected chi connectivity index (χ3v) is 3.75. The SMILES string of the molecule is CCC1C(=O)NC(C)C(=O)N1C1(C)CCOC1. The number of nitrogens with zero attached hydrogens (tertiary/aromatic N) is 1. The summed E-state index contributed by atoms with van der Waals surface area (Å²) >= 11 is 0. The first-order chi connectivity index (χ1) is 7.99. The fraction of sp³-hybridized carbons (Fsp3) is 0.833. The number of ether oxygens (including phenoxy) is 1. The Kier molecular flexibility index (Phi) is 3.12. The molecule has 5 nitrogen and oxygen atoms in total. The van der Waals surface area contributed by atoms with Gasteiger partial charge in [-0.05, 0) is 26.7 Å². The maximum atomic E-state index is 12.3. The highest BCUT2D eigenvalue weighted by molar-refractivity contribution is 5.97. The number of carbonyl (C=O) groups is 2. The summed E-state index contributed by atoms with van der Waals surface area (Å²) in [6, 6.07) is -0.784. The van der Waals surface area contributed by atoms with Gasteiger partial charge in [0.25, 0.3) is 0 Å². The molecule has 0 spiro atoms. The second-order valence-corrected chi connectivity index (χ2v) is 5.16. The standard InChI is InChI=1S/C12H20N2O3/c1-4-9-10(15)13-8(2)11(16)14(9)12(3)5-6-17-7-12/h8-9H,4-7H2,1-3H3,(H,13,15). The van der Waals surface area contributed by atoms with Crippen LogP contribution in [0.25, 0.3) is 0 Å². The second kappa shape index (κ2) is 4.29. The molecule has 0 bridgehead atoms. The highest BCUT2D eigenvalue weighted by Gasteiger charge is 2.48. The fourth-order valence-corrected chi connectivity index (χ4v) is 2.71. The first kappa shape index (κ1) is 12.4. The van der Waals surface area contributed by atoms with Gasteiger partial charge in [0.05, 0.1) is 12.1 Å². The predicted molar refractivity (Wildman–Crippen MR) is 62.4 cm³/mol. The van der Waals surface area contributed by atoms with Crippen LogP contribution in [0.15, 0.2) is 0 Å². The number of nitrogens with one attached hydrogen (secondary N) is 1. The molecule has 2 heterocycles. The quantitative estimate of drug-likeness (QED) is 0.755. The summed E-state index contributed by atoms with van der Waals surface area (Å²) in [5.74, 6) is -0.0443. The summed E-state index contributed by atoms with van der Waals surface area (Å²) in [4.78, 5) is 26.0. The van der Waals surface area contributed by atoms with E-state index in [0.29, 0.717) is 19.6 Å². The Bertz CT molecular complexity index is 337. The third-order valence-electron chi connectivity index (χ3n) is 3.75. The number of rotatable bonds is 2. The lowest BCUT2D eigenvalue weighted by Gasteiger charge is -2.46. The first-order valence-electron chi connectivity index (χ1n) is 6.21. The number of hydrogen-bond acceptors (Lipinski definition) is 3. The zero-order chi connectivity index (χ0) is 12.6. The molecule has 2 amide bonds. The van der Waals surface area contributed by atoms with Gasteiger partial charge < -0.3 is 15.0 Å². The van der Waals surface area contributed by atoms with Crippen LogP contribution in [0.4, 0.5) is 0 Å². The molecule has 0 aliphatic carbocycles. The Balaban J connectivity index is 2.31. The highest BCUT2D eigenvalue weighted by Crippen LogP contribution is 2.31. The molecular weight excluding hydrogens is 220 g/mol. The van der Waals surface area contributed by atoms with Crippen LogP contribution in [0.2, 0.25) is 0 Å². The Hall–Kier alpha value is -1.10. The van der Waals surface area contributed by atoms with Gasteiger partial charge in [0.2, 0.25) is 11.8 Å². The monoisotopic (exact) mass is 240 g/mol. The molecule has 0 aromatic rings. The van der Waals surface area contributed by atoms with Crippen LogP contribution in [0, 0.1) is 0 Å². The van der Waals surface area contributed by atoms with E-state index in [1.807, 2.05) is 13.8 Å². The molecule has 0 saturated carbocycles. The van der Waals surface area contributed by atoms with E-state index >= 15 is 0 Å². The van der Waals surface area contributed by atoms with Gasteiger partial charge in [0.1, 0.15) is 12.1 Å². The fourth-order valence-electron chi connectivity index (χ4n) is 2.71. The van der Waals surface area contributed by atoms with Gasteiger partial charge in [-0.15, -0.1) is 0 Å². The zero-order valence-corrected chi connectivity index (χ0v) is 10.7. The van der Waals surface area contributed by atoms with Gasteiger partial charge in [0, 0.05) is 6.61 Å². The molecule has 2 saturated heterocycles. The van der Waals surface area contributed by atoms with E-state index in [9.17, 15) is 9.59 Å². The maximum absolute atomic E-state index is 12.3. The zero-order valence-electron chi connectivity index (χ0n) is 10.7. The molecule has 1 N–H and O–H groups in total. The average molecular weight is 240 g/mol. The molecule has 96 valence electrons. The van der Waals surface area contributed by atoms with Crippen molar-refractivity contribution in [2.45, 2.75) is 51.2 Å². The summed E-state index contributed by atoms with van der Waals surface area (Å²) in [7, 11) is 0. The van der Waals surface area contributed by atoms with Crippen molar-refractivity contribution in [2.24, 2.45) is 0 Å². The van der Waals surface area contributed by atoms with Crippen LogP contribution in [0.5, 0.6) is 0 Å². The molecule has 17 heavy (non-hydrogen) atoms. The van der Waals surface area contributed by atoms with E-state index in [-0.39, 0.29) is 23.4 Å². The highest BCUT2D eigenvalue weighted by atomic mass is 16.5. The molecule has 5 heteroatoms. The largest absolute Gasteiger partial charge is 0.379 e. The van der Waals surface area contributed by atoms with Crippen molar-refractivity contribution in [1.82, 2.24) is 10.2 Å². The van der Waals surface area contributed by atoms with Gasteiger partial charge in [-0.25, -0.2) is 0 Å². The van der Waals surface area contributed by atoms with Gasteiger partial charge in [-0.3, -0.25) is 9.59 Å². The van der Waals surface area contributed by atoms with Gasteiger partial charge in [-0.2, -0.15) is 0 Å². The molecular formula is C12H20N2O3. The van der Waals surface area contributed by atoms with Gasteiger partial charge >= 0.3 is 0 Å². The van der Waals surface area contributed by atoms with Crippen molar-refractivity contribution >= 4 is 11.8 Å². The first-order valence-corrected chi connectivity index (χ1v) is 6.21. The Morgan fingerprint density at radius 2 is 2.24 bits per heavy atom. The topological polar surface area (TPSA) is 58.6 Å². The van der Waals surface area contributed by atoms with Crippen molar-refractivity contribution in [2.75, 3.05) is 13.2 Å². The molecule has 2 fully saturated rings. The molecule has 2 aliphatic rings. The summed E-state index contributed by atoms with van der Waals surface area (Å²) in [6.45, 7) is 6.85. The minimum absolute atomic E-state index is 0.00412. The number of amides is 2. The van der Waals surface area contributed by atoms with E-state index in [4.69, 9.17) is 4.74 Å². The van der Waals surface area contributed by atoms with Crippen LogP contribution in [0.1, 0.15) is 33.6 Å². The summed E-state index contributed by atoms with van der Waals surface area (Å²) in [6.07, 6.45) is 1.44. The lowest BCUT2D eigenvalue weighted by molar-refractivity contribution is -0.156. The predicted octanol–water partition coefficient (Wildman–Crippen LogP) is 0.291. The summed E-state index contributed by atoms with van der Waals surface area (Å²) < 4.78 is 5.40. The van der Waals surface area contributed by atoms with E-state index in [2.05, 4.69) is 5.32 Å². The molecule has 2 rings (SSSR count). The van der Waals surface area contributed by atoms with E-state index in [1.165, 1.54) is 0 Å². The van der Waals surface area contributed by atoms with Gasteiger partial charge in [0.15, 0.2) is 0 Å². The summed E-state index contributed by atoms with van der Waals surface area (Å²) in [5.41, 5.74) is -0.330. The average Bonchev–Trinajstić information content (AvgIpc) is 2.71. The van der Waals surface area contributed by atoms with E-state index in [0.717, 1.165) is 6.42 Å². The molecule has 0 aromatic carbocycles. The Labute approximate surface area is 101 Å². The smallest absolute Gasteiger partial charge is 0.246 e. The summed E-state index contributed by atoms with van der Waals surface area (Å²) in [5, 5.41) is 2.73. The number of piperazine rings is 1. The Morgan fingerprint density at radius 1 is 1.53 bits per heavy atom. The minimum Gasteiger partial charge on any atom is -0.379 e. The molecule has 0 aromatic heterocycles. The minimum atomic E-state index is -0.428. The van der Waals surface area contributed by atoms with Crippen molar-refractivity contribution in [3.8, 4) is 0 Å². The van der Waals surface area contributed by atoms with Crippen molar-refractivity contribution in [3.05, 3.63) is 0 Å². The normalized spacial score (nSPS) is 38.4. The molecule has 2 aliphatic heterocycles. The van der Waals surface area contributed by atoms with Crippen LogP contribution in [-0.2, 0) is 14.3 Å². The molecule has 3 unspecified atom stereocenters. The maximum Gasteiger partial charge on any atom is 0.246 e. The van der Waals surface area contributed by atoms with Crippen molar-refractivity contribution in [1.29, 1.82) is 0 Å². The van der Waals surface area contributed by atoms with Crippen LogP contribution >= 0.6 is 0 Å². The van der Waals surface area contributed by atoms with E-state index < -0.39 is 6.04 Å². The Morgan fingerprint density at radius 3 is 2.76 bits per heavy atom. The van der Waals surface area contributed by atoms with Crippen molar-refractivity contribution < 1.29 is 14.3 Å². The lowest BCUT2D eigenvalue weighted by Crippen LogP contribution is -2.68. The number of carbonyl (C=O) groups excluding carboxylic acids is 2. The van der Waals surface area contributed by atoms with Gasteiger partial charge in [-0.1, -0.05) is 6.92 Å². The number of hydrogen-bond donors (Lipinski definition) is 1. The third kappa shape index (κ3) is 1.92. The molecule has 3 atom stereocenters. The van der Waals surface area contributed by atoms with Crippen LogP contribution < -0.4 is 5.32 Å².